The van der Waals surface area contributed by atoms with Crippen LogP contribution in [0.2, 0.25) is 0 Å². The van der Waals surface area contributed by atoms with Crippen LogP contribution in [-0.2, 0) is 11.3 Å². The Morgan fingerprint density at radius 3 is 2.83 bits per heavy atom. The fourth-order valence-corrected chi connectivity index (χ4v) is 4.08. The summed E-state index contributed by atoms with van der Waals surface area (Å²) < 4.78 is 2.01. The minimum atomic E-state index is -0.0811. The van der Waals surface area contributed by atoms with E-state index < -0.39 is 0 Å². The van der Waals surface area contributed by atoms with E-state index in [0.717, 1.165) is 21.2 Å². The van der Waals surface area contributed by atoms with Gasteiger partial charge in [0.2, 0.25) is 5.91 Å². The largest absolute Gasteiger partial charge is 0.351 e. The third kappa shape index (κ3) is 3.47. The van der Waals surface area contributed by atoms with Gasteiger partial charge < -0.3 is 5.32 Å². The fraction of sp³-hybridized carbons (Fsp3) is 0.235. The molecule has 0 spiro atoms. The molecule has 0 bridgehead atoms. The van der Waals surface area contributed by atoms with E-state index in [2.05, 4.69) is 10.3 Å². The Hall–Kier alpha value is -2.25. The Bertz CT molecular complexity index is 947. The van der Waals surface area contributed by atoms with E-state index in [9.17, 15) is 9.59 Å². The second kappa shape index (κ2) is 6.70. The molecule has 0 saturated heterocycles. The summed E-state index contributed by atoms with van der Waals surface area (Å²) in [7, 11) is 0. The number of hydrogen-bond donors (Lipinski definition) is 1. The van der Waals surface area contributed by atoms with E-state index >= 15 is 0 Å². The minimum absolute atomic E-state index is 0.0459. The van der Waals surface area contributed by atoms with Crippen LogP contribution in [0.25, 0.3) is 11.0 Å². The van der Waals surface area contributed by atoms with E-state index in [0.29, 0.717) is 11.4 Å². The van der Waals surface area contributed by atoms with Crippen molar-refractivity contribution >= 4 is 45.4 Å². The number of rotatable bonds is 5. The van der Waals surface area contributed by atoms with Gasteiger partial charge in [-0.2, -0.15) is 0 Å². The normalized spacial score (nSPS) is 11.5. The van der Waals surface area contributed by atoms with Crippen molar-refractivity contribution in [3.63, 3.8) is 0 Å². The van der Waals surface area contributed by atoms with Gasteiger partial charge in [-0.25, -0.2) is 4.98 Å². The number of ketones is 1. The molecule has 0 radical (unpaired) electrons. The summed E-state index contributed by atoms with van der Waals surface area (Å²) >= 11 is 3.03. The molecule has 0 unspecified atom stereocenters. The lowest BCUT2D eigenvalue weighted by Crippen LogP contribution is -2.18. The van der Waals surface area contributed by atoms with E-state index in [1.165, 1.54) is 23.1 Å². The predicted molar refractivity (Wildman–Crippen MR) is 97.7 cm³/mol. The number of thiophene rings is 1. The molecule has 0 aliphatic carbocycles. The van der Waals surface area contributed by atoms with Crippen molar-refractivity contribution in [2.24, 2.45) is 0 Å². The summed E-state index contributed by atoms with van der Waals surface area (Å²) in [5.41, 5.74) is 1.83. The van der Waals surface area contributed by atoms with Crippen LogP contribution in [-0.4, -0.2) is 21.1 Å². The average molecular weight is 359 g/mol. The monoisotopic (exact) mass is 359 g/mol. The number of thiazole rings is 1. The maximum atomic E-state index is 12.4. The average Bonchev–Trinajstić information content (AvgIpc) is 3.18. The lowest BCUT2D eigenvalue weighted by atomic mass is 10.2. The zero-order valence-electron chi connectivity index (χ0n) is 13.6. The van der Waals surface area contributed by atoms with Gasteiger partial charge in [0, 0.05) is 22.9 Å². The van der Waals surface area contributed by atoms with Crippen LogP contribution in [0.1, 0.15) is 37.7 Å². The molecule has 0 aliphatic rings. The molecule has 24 heavy (non-hydrogen) atoms. The van der Waals surface area contributed by atoms with Gasteiger partial charge in [-0.3, -0.25) is 14.0 Å². The summed E-state index contributed by atoms with van der Waals surface area (Å²) in [4.78, 5) is 31.5. The lowest BCUT2D eigenvalue weighted by Gasteiger charge is -1.97. The summed E-state index contributed by atoms with van der Waals surface area (Å²) in [6.45, 7) is 5.90. The topological polar surface area (TPSA) is 63.5 Å². The molecule has 0 aromatic carbocycles. The molecule has 0 saturated carbocycles. The second-order valence-corrected chi connectivity index (χ2v) is 7.83. The SMILES string of the molecule is CC(=O)NCc1ccc(C(=O)C=Cc2c(C)nc3sc(C)cn23)s1. The minimum Gasteiger partial charge on any atom is -0.351 e. The molecule has 5 nitrogen and oxygen atoms in total. The first kappa shape index (κ1) is 16.6. The summed E-state index contributed by atoms with van der Waals surface area (Å²) in [5, 5.41) is 2.73. The number of aryl methyl sites for hydroxylation is 2. The number of carbonyl (C=O) groups is 2. The van der Waals surface area contributed by atoms with Crippen LogP contribution in [0.15, 0.2) is 24.4 Å². The quantitative estimate of drug-likeness (QED) is 0.559. The van der Waals surface area contributed by atoms with Gasteiger partial charge >= 0.3 is 0 Å². The van der Waals surface area contributed by atoms with Crippen LogP contribution in [0.4, 0.5) is 0 Å². The Balaban J connectivity index is 1.77. The van der Waals surface area contributed by atoms with E-state index in [4.69, 9.17) is 0 Å². The highest BCUT2D eigenvalue weighted by Gasteiger charge is 2.10. The first-order valence-corrected chi connectivity index (χ1v) is 9.08. The highest BCUT2D eigenvalue weighted by atomic mass is 32.1. The summed E-state index contributed by atoms with van der Waals surface area (Å²) in [6.07, 6.45) is 5.43. The molecular weight excluding hydrogens is 342 g/mol. The predicted octanol–water partition coefficient (Wildman–Crippen LogP) is 3.61. The lowest BCUT2D eigenvalue weighted by molar-refractivity contribution is -0.119. The van der Waals surface area contributed by atoms with Gasteiger partial charge in [-0.1, -0.05) is 0 Å². The van der Waals surface area contributed by atoms with Crippen LogP contribution in [0.3, 0.4) is 0 Å². The van der Waals surface area contributed by atoms with Crippen molar-refractivity contribution in [1.82, 2.24) is 14.7 Å². The Labute approximate surface area is 147 Å². The molecule has 124 valence electrons. The van der Waals surface area contributed by atoms with Crippen LogP contribution in [0, 0.1) is 13.8 Å². The van der Waals surface area contributed by atoms with Crippen molar-refractivity contribution in [1.29, 1.82) is 0 Å². The molecule has 1 amide bonds. The van der Waals surface area contributed by atoms with E-state index in [1.54, 1.807) is 23.5 Å². The molecular formula is C17H17N3O2S2. The first-order chi connectivity index (χ1) is 11.4. The van der Waals surface area contributed by atoms with Crippen molar-refractivity contribution < 1.29 is 9.59 Å². The molecule has 0 atom stereocenters. The summed E-state index contributed by atoms with van der Waals surface area (Å²) in [5.74, 6) is -0.127. The maximum Gasteiger partial charge on any atom is 0.217 e. The number of fused-ring (bicyclic) bond motifs is 1. The first-order valence-electron chi connectivity index (χ1n) is 7.44. The Morgan fingerprint density at radius 2 is 2.08 bits per heavy atom. The van der Waals surface area contributed by atoms with Gasteiger partial charge in [-0.15, -0.1) is 22.7 Å². The van der Waals surface area contributed by atoms with E-state index in [1.807, 2.05) is 36.6 Å². The van der Waals surface area contributed by atoms with Crippen molar-refractivity contribution in [2.75, 3.05) is 0 Å². The smallest absolute Gasteiger partial charge is 0.217 e. The van der Waals surface area contributed by atoms with Crippen molar-refractivity contribution in [2.45, 2.75) is 27.3 Å². The molecule has 3 aromatic rings. The van der Waals surface area contributed by atoms with Crippen molar-refractivity contribution in [3.05, 3.63) is 50.4 Å². The molecule has 1 N–H and O–H groups in total. The number of allylic oxidation sites excluding steroid dienone is 1. The van der Waals surface area contributed by atoms with Gasteiger partial charge in [-0.05, 0) is 38.1 Å². The van der Waals surface area contributed by atoms with Crippen LogP contribution < -0.4 is 5.32 Å². The second-order valence-electron chi connectivity index (χ2n) is 5.45. The number of nitrogens with one attached hydrogen (secondary N) is 1. The number of carbonyl (C=O) groups excluding carboxylic acids is 2. The van der Waals surface area contributed by atoms with Crippen LogP contribution >= 0.6 is 22.7 Å². The molecule has 7 heteroatoms. The van der Waals surface area contributed by atoms with Gasteiger partial charge in [0.05, 0.1) is 22.8 Å². The highest BCUT2D eigenvalue weighted by molar-refractivity contribution is 7.17. The third-order valence-electron chi connectivity index (χ3n) is 3.47. The maximum absolute atomic E-state index is 12.4. The number of hydrogen-bond acceptors (Lipinski definition) is 5. The fourth-order valence-electron chi connectivity index (χ4n) is 2.34. The standard InChI is InChI=1S/C17H17N3O2S2/c1-10-9-20-14(11(2)19-17(20)23-10)5-6-15(22)16-7-4-13(24-16)8-18-12(3)21/h4-7,9H,8H2,1-3H3,(H,18,21). The number of aromatic nitrogens is 2. The Kier molecular flexibility index (Phi) is 4.64. The molecule has 3 heterocycles. The highest BCUT2D eigenvalue weighted by Crippen LogP contribution is 2.22. The zero-order chi connectivity index (χ0) is 17.3. The Morgan fingerprint density at radius 1 is 1.29 bits per heavy atom. The van der Waals surface area contributed by atoms with Crippen molar-refractivity contribution in [3.8, 4) is 0 Å². The molecule has 0 fully saturated rings. The molecule has 3 rings (SSSR count). The molecule has 0 aliphatic heterocycles. The third-order valence-corrected chi connectivity index (χ3v) is 5.47. The van der Waals surface area contributed by atoms with Crippen LogP contribution in [0.5, 0.6) is 0 Å². The molecule has 3 aromatic heterocycles. The van der Waals surface area contributed by atoms with E-state index in [-0.39, 0.29) is 11.7 Å². The zero-order valence-corrected chi connectivity index (χ0v) is 15.3. The number of amides is 1. The van der Waals surface area contributed by atoms with Gasteiger partial charge in [0.15, 0.2) is 10.7 Å². The van der Waals surface area contributed by atoms with Gasteiger partial charge in [0.1, 0.15) is 0 Å². The summed E-state index contributed by atoms with van der Waals surface area (Å²) in [6, 6.07) is 3.66. The number of imidazole rings is 1. The van der Waals surface area contributed by atoms with Gasteiger partial charge in [0.25, 0.3) is 0 Å². The number of nitrogens with zero attached hydrogens (tertiary/aromatic N) is 2.